The number of nitrogens with zero attached hydrogens (tertiary/aromatic N) is 4. The number of halogens is 1. The summed E-state index contributed by atoms with van der Waals surface area (Å²) in [5.41, 5.74) is 0.751. The van der Waals surface area contributed by atoms with Crippen LogP contribution in [-0.2, 0) is 20.7 Å². The number of esters is 1. The largest absolute Gasteiger partial charge is 0.458 e. The average Bonchev–Trinajstić information content (AvgIpc) is 3.22. The van der Waals surface area contributed by atoms with Crippen molar-refractivity contribution in [1.82, 2.24) is 20.0 Å². The second-order valence-corrected chi connectivity index (χ2v) is 8.08. The van der Waals surface area contributed by atoms with E-state index in [1.807, 2.05) is 6.92 Å². The molecule has 0 saturated carbocycles. The molecule has 1 unspecified atom stereocenters. The Bertz CT molecular complexity index is 973. The van der Waals surface area contributed by atoms with Crippen LogP contribution < -0.4 is 0 Å². The van der Waals surface area contributed by atoms with Crippen LogP contribution in [0.4, 0.5) is 4.39 Å². The molecule has 32 heavy (non-hydrogen) atoms. The highest BCUT2D eigenvalue weighted by Crippen LogP contribution is 2.20. The van der Waals surface area contributed by atoms with E-state index in [2.05, 4.69) is 9.97 Å². The van der Waals surface area contributed by atoms with Crippen LogP contribution in [0.5, 0.6) is 0 Å². The molecule has 1 atom stereocenters. The van der Waals surface area contributed by atoms with Crippen LogP contribution in [0.1, 0.15) is 42.2 Å². The van der Waals surface area contributed by atoms with Crippen LogP contribution in [-0.4, -0.2) is 63.2 Å². The Balaban J connectivity index is 1.79. The van der Waals surface area contributed by atoms with E-state index in [0.717, 1.165) is 6.42 Å². The van der Waals surface area contributed by atoms with Gasteiger partial charge in [0.2, 0.25) is 5.91 Å². The molecule has 0 aliphatic carbocycles. The van der Waals surface area contributed by atoms with Crippen LogP contribution in [0.3, 0.4) is 0 Å². The number of unbranched alkanes of at least 4 members (excludes halogenated alkanes) is 1. The molecule has 1 aliphatic rings. The van der Waals surface area contributed by atoms with Gasteiger partial charge in [0.25, 0.3) is 5.91 Å². The quantitative estimate of drug-likeness (QED) is 0.340. The molecule has 2 amide bonds. The summed E-state index contributed by atoms with van der Waals surface area (Å²) in [6, 6.07) is 7.07. The first-order valence-corrected chi connectivity index (χ1v) is 11.6. The van der Waals surface area contributed by atoms with Crippen LogP contribution in [0.25, 0.3) is 0 Å². The van der Waals surface area contributed by atoms with Gasteiger partial charge in [0.1, 0.15) is 17.6 Å². The summed E-state index contributed by atoms with van der Waals surface area (Å²) in [5.74, 6) is -1.60. The summed E-state index contributed by atoms with van der Waals surface area (Å²) in [4.78, 5) is 46.6. The third kappa shape index (κ3) is 6.03. The zero-order chi connectivity index (χ0) is 23.1. The topological polar surface area (TPSA) is 92.7 Å². The second kappa shape index (κ2) is 11.0. The summed E-state index contributed by atoms with van der Waals surface area (Å²) in [7, 11) is 0. The van der Waals surface area contributed by atoms with Gasteiger partial charge < -0.3 is 4.74 Å². The van der Waals surface area contributed by atoms with Crippen LogP contribution in [0.2, 0.25) is 0 Å². The second-order valence-electron chi connectivity index (χ2n) is 7.31. The number of carbonyl (C=O) groups excluding carboxylic acids is 3. The number of hydrogen-bond donors (Lipinski definition) is 0. The minimum absolute atomic E-state index is 0.0274. The highest BCUT2D eigenvalue weighted by Gasteiger charge is 2.39. The number of thioether (sulfide) groups is 1. The number of carbonyl (C=O) groups is 3. The molecule has 8 nitrogen and oxygen atoms in total. The van der Waals surface area contributed by atoms with Crippen LogP contribution >= 0.6 is 11.8 Å². The number of hydrogen-bond acceptors (Lipinski definition) is 7. The first kappa shape index (κ1) is 23.6. The van der Waals surface area contributed by atoms with E-state index in [1.54, 1.807) is 6.26 Å². The summed E-state index contributed by atoms with van der Waals surface area (Å²) < 4.78 is 18.7. The smallest absolute Gasteiger partial charge is 0.306 e. The minimum atomic E-state index is -0.637. The fraction of sp³-hybridized carbons (Fsp3) is 0.409. The molecule has 170 valence electrons. The van der Waals surface area contributed by atoms with Crippen molar-refractivity contribution < 1.29 is 23.5 Å². The maximum atomic E-state index is 13.2. The van der Waals surface area contributed by atoms with Gasteiger partial charge in [0.15, 0.2) is 5.16 Å². The SMILES string of the molecule is CCCCC(=O)OC1CN(C(=O)Cc2ccc(F)cc2)N(C(=O)c2ccnc(SC)n2)C1. The lowest BCUT2D eigenvalue weighted by Gasteiger charge is -2.27. The predicted molar refractivity (Wildman–Crippen MR) is 116 cm³/mol. The van der Waals surface area contributed by atoms with Gasteiger partial charge in [-0.15, -0.1) is 0 Å². The standard InChI is InChI=1S/C22H25FN4O4S/c1-3-4-5-20(29)31-17-13-26(19(28)12-15-6-8-16(23)9-7-15)27(14-17)21(30)18-10-11-24-22(25-18)32-2/h6-11,17H,3-5,12-14H2,1-2H3. The number of hydrazine groups is 1. The van der Waals surface area contributed by atoms with Crippen molar-refractivity contribution in [3.8, 4) is 0 Å². The molecule has 1 saturated heterocycles. The van der Waals surface area contributed by atoms with E-state index < -0.39 is 17.8 Å². The van der Waals surface area contributed by atoms with Crippen molar-refractivity contribution >= 4 is 29.5 Å². The number of benzene rings is 1. The maximum Gasteiger partial charge on any atom is 0.306 e. The Morgan fingerprint density at radius 2 is 1.88 bits per heavy atom. The minimum Gasteiger partial charge on any atom is -0.458 e. The molecule has 0 spiro atoms. The van der Waals surface area contributed by atoms with E-state index in [4.69, 9.17) is 4.74 Å². The Kier molecular flexibility index (Phi) is 8.15. The number of amides is 2. The molecular weight excluding hydrogens is 435 g/mol. The molecule has 0 N–H and O–H groups in total. The predicted octanol–water partition coefficient (Wildman–Crippen LogP) is 2.88. The summed E-state index contributed by atoms with van der Waals surface area (Å²) in [6.07, 6.45) is 4.47. The lowest BCUT2D eigenvalue weighted by molar-refractivity contribution is -0.149. The highest BCUT2D eigenvalue weighted by atomic mass is 32.2. The Morgan fingerprint density at radius 3 is 2.56 bits per heavy atom. The van der Waals surface area contributed by atoms with E-state index >= 15 is 0 Å². The van der Waals surface area contributed by atoms with Crippen LogP contribution in [0, 0.1) is 5.82 Å². The van der Waals surface area contributed by atoms with Gasteiger partial charge in [-0.25, -0.2) is 24.4 Å². The molecule has 3 rings (SSSR count). The number of rotatable bonds is 8. The molecule has 1 aliphatic heterocycles. The Labute approximate surface area is 190 Å². The van der Waals surface area contributed by atoms with Gasteiger partial charge in [0.05, 0.1) is 19.5 Å². The molecule has 0 bridgehead atoms. The molecule has 2 aromatic rings. The van der Waals surface area contributed by atoms with Gasteiger partial charge in [-0.2, -0.15) is 0 Å². The maximum absolute atomic E-state index is 13.2. The Hall–Kier alpha value is -3.01. The Morgan fingerprint density at radius 1 is 1.16 bits per heavy atom. The van der Waals surface area contributed by atoms with Crippen molar-refractivity contribution in [3.05, 3.63) is 53.6 Å². The summed E-state index contributed by atoms with van der Waals surface area (Å²) >= 11 is 1.30. The number of ether oxygens (including phenoxy) is 1. The molecule has 2 heterocycles. The van der Waals surface area contributed by atoms with Gasteiger partial charge in [-0.05, 0) is 36.4 Å². The lowest BCUT2D eigenvalue weighted by Crippen LogP contribution is -2.45. The molecule has 1 aromatic carbocycles. The first-order chi connectivity index (χ1) is 15.4. The van der Waals surface area contributed by atoms with Crippen molar-refractivity contribution in [2.24, 2.45) is 0 Å². The normalized spacial score (nSPS) is 15.7. The van der Waals surface area contributed by atoms with E-state index in [-0.39, 0.29) is 43.5 Å². The van der Waals surface area contributed by atoms with E-state index in [9.17, 15) is 18.8 Å². The fourth-order valence-electron chi connectivity index (χ4n) is 3.27. The highest BCUT2D eigenvalue weighted by molar-refractivity contribution is 7.98. The zero-order valence-corrected chi connectivity index (χ0v) is 18.8. The van der Waals surface area contributed by atoms with Crippen molar-refractivity contribution in [2.75, 3.05) is 19.3 Å². The van der Waals surface area contributed by atoms with Gasteiger partial charge in [-0.3, -0.25) is 14.4 Å². The average molecular weight is 461 g/mol. The molecule has 1 fully saturated rings. The fourth-order valence-corrected chi connectivity index (χ4v) is 3.62. The lowest BCUT2D eigenvalue weighted by atomic mass is 10.1. The van der Waals surface area contributed by atoms with E-state index in [1.165, 1.54) is 58.3 Å². The number of aromatic nitrogens is 2. The van der Waals surface area contributed by atoms with Gasteiger partial charge in [0, 0.05) is 12.6 Å². The molecular formula is C22H25FN4O4S. The van der Waals surface area contributed by atoms with Crippen molar-refractivity contribution in [2.45, 2.75) is 43.9 Å². The van der Waals surface area contributed by atoms with E-state index in [0.29, 0.717) is 17.1 Å². The van der Waals surface area contributed by atoms with Crippen molar-refractivity contribution in [1.29, 1.82) is 0 Å². The van der Waals surface area contributed by atoms with Crippen molar-refractivity contribution in [3.63, 3.8) is 0 Å². The molecule has 0 radical (unpaired) electrons. The third-order valence-electron chi connectivity index (χ3n) is 4.90. The van der Waals surface area contributed by atoms with Gasteiger partial charge >= 0.3 is 5.97 Å². The van der Waals surface area contributed by atoms with Crippen LogP contribution in [0.15, 0.2) is 41.7 Å². The van der Waals surface area contributed by atoms with Gasteiger partial charge in [-0.1, -0.05) is 37.2 Å². The molecule has 1 aromatic heterocycles. The summed E-state index contributed by atoms with van der Waals surface area (Å²) in [6.45, 7) is 2.08. The monoisotopic (exact) mass is 460 g/mol. The zero-order valence-electron chi connectivity index (χ0n) is 18.0. The first-order valence-electron chi connectivity index (χ1n) is 10.3. The third-order valence-corrected chi connectivity index (χ3v) is 5.47. The molecule has 10 heteroatoms. The summed E-state index contributed by atoms with van der Waals surface area (Å²) in [5, 5.41) is 2.97.